The van der Waals surface area contributed by atoms with Gasteiger partial charge < -0.3 is 19.8 Å². The number of aromatic nitrogens is 1. The van der Waals surface area contributed by atoms with Gasteiger partial charge in [0.2, 0.25) is 11.8 Å². The van der Waals surface area contributed by atoms with Crippen molar-refractivity contribution in [3.05, 3.63) is 40.1 Å². The second kappa shape index (κ2) is 10.8. The molecule has 0 unspecified atom stereocenters. The summed E-state index contributed by atoms with van der Waals surface area (Å²) in [6.07, 6.45) is 4.45. The van der Waals surface area contributed by atoms with Gasteiger partial charge in [-0.25, -0.2) is 9.78 Å². The molecule has 8 nitrogen and oxygen atoms in total. The van der Waals surface area contributed by atoms with Gasteiger partial charge in [0.25, 0.3) is 0 Å². The van der Waals surface area contributed by atoms with E-state index in [1.165, 1.54) is 11.3 Å². The standard InChI is InChI=1S/C25H29N3O5S/c1-3-32-20-6-4-5-16-13-18(24(31)33-23(16)20)19-14-34-25(27-19)28-22(30)12-11-21(29)26-17-9-7-15(2)8-10-17/h4-6,13-15,17H,3,7-12H2,1-2H3,(H,26,29)(H,27,28,30). The summed E-state index contributed by atoms with van der Waals surface area (Å²) in [5, 5.41) is 8.52. The Labute approximate surface area is 201 Å². The zero-order valence-corrected chi connectivity index (χ0v) is 20.2. The van der Waals surface area contributed by atoms with E-state index in [2.05, 4.69) is 22.5 Å². The first-order valence-corrected chi connectivity index (χ1v) is 12.6. The molecule has 2 aromatic heterocycles. The Morgan fingerprint density at radius 1 is 1.18 bits per heavy atom. The van der Waals surface area contributed by atoms with Crippen LogP contribution in [0.25, 0.3) is 22.2 Å². The number of nitrogens with one attached hydrogen (secondary N) is 2. The van der Waals surface area contributed by atoms with Gasteiger partial charge in [-0.05, 0) is 50.7 Å². The minimum Gasteiger partial charge on any atom is -0.490 e. The van der Waals surface area contributed by atoms with Gasteiger partial charge in [-0.1, -0.05) is 19.1 Å². The van der Waals surface area contributed by atoms with Crippen LogP contribution in [-0.4, -0.2) is 29.4 Å². The van der Waals surface area contributed by atoms with Crippen LogP contribution in [0, 0.1) is 5.92 Å². The lowest BCUT2D eigenvalue weighted by Crippen LogP contribution is -2.37. The van der Waals surface area contributed by atoms with Crippen LogP contribution in [0.15, 0.2) is 38.9 Å². The van der Waals surface area contributed by atoms with Crippen molar-refractivity contribution in [2.45, 2.75) is 58.4 Å². The summed E-state index contributed by atoms with van der Waals surface area (Å²) in [7, 11) is 0. The molecule has 0 aliphatic heterocycles. The summed E-state index contributed by atoms with van der Waals surface area (Å²) in [6, 6.07) is 7.33. The summed E-state index contributed by atoms with van der Waals surface area (Å²) in [5.74, 6) is 0.836. The number of carbonyl (C=O) groups is 2. The Morgan fingerprint density at radius 3 is 2.71 bits per heavy atom. The molecule has 1 aliphatic rings. The zero-order valence-electron chi connectivity index (χ0n) is 19.4. The van der Waals surface area contributed by atoms with Gasteiger partial charge in [0.15, 0.2) is 16.5 Å². The second-order valence-corrected chi connectivity index (χ2v) is 9.52. The molecule has 180 valence electrons. The van der Waals surface area contributed by atoms with E-state index in [1.807, 2.05) is 19.1 Å². The molecule has 0 spiro atoms. The molecule has 1 fully saturated rings. The average molecular weight is 484 g/mol. The van der Waals surface area contributed by atoms with Crippen LogP contribution in [0.3, 0.4) is 0 Å². The maximum Gasteiger partial charge on any atom is 0.345 e. The number of amides is 2. The Bertz CT molecular complexity index is 1230. The number of hydrogen-bond acceptors (Lipinski definition) is 7. The van der Waals surface area contributed by atoms with Crippen LogP contribution in [0.4, 0.5) is 5.13 Å². The quantitative estimate of drug-likeness (QED) is 0.448. The van der Waals surface area contributed by atoms with Crippen LogP contribution in [0.1, 0.15) is 52.4 Å². The van der Waals surface area contributed by atoms with Gasteiger partial charge >= 0.3 is 5.63 Å². The van der Waals surface area contributed by atoms with Crippen LogP contribution >= 0.6 is 11.3 Å². The molecule has 1 aromatic carbocycles. The van der Waals surface area contributed by atoms with E-state index in [4.69, 9.17) is 9.15 Å². The predicted octanol–water partition coefficient (Wildman–Crippen LogP) is 4.73. The van der Waals surface area contributed by atoms with E-state index in [-0.39, 0.29) is 30.7 Å². The Morgan fingerprint density at radius 2 is 1.94 bits per heavy atom. The van der Waals surface area contributed by atoms with Crippen molar-refractivity contribution in [1.29, 1.82) is 0 Å². The number of anilines is 1. The highest BCUT2D eigenvalue weighted by Crippen LogP contribution is 2.29. The van der Waals surface area contributed by atoms with Crippen molar-refractivity contribution < 1.29 is 18.7 Å². The van der Waals surface area contributed by atoms with Crippen molar-refractivity contribution >= 4 is 39.3 Å². The molecule has 3 aromatic rings. The van der Waals surface area contributed by atoms with Crippen molar-refractivity contribution in [3.8, 4) is 17.0 Å². The van der Waals surface area contributed by atoms with Gasteiger partial charge in [0.1, 0.15) is 0 Å². The Kier molecular flexibility index (Phi) is 7.62. The molecule has 1 aliphatic carbocycles. The van der Waals surface area contributed by atoms with Gasteiger partial charge in [-0.2, -0.15) is 0 Å². The van der Waals surface area contributed by atoms with Crippen molar-refractivity contribution in [2.24, 2.45) is 5.92 Å². The highest BCUT2D eigenvalue weighted by Gasteiger charge is 2.20. The fourth-order valence-electron chi connectivity index (χ4n) is 4.13. The zero-order chi connectivity index (χ0) is 24.1. The maximum absolute atomic E-state index is 12.6. The number of thiazole rings is 1. The smallest absolute Gasteiger partial charge is 0.345 e. The molecular formula is C25H29N3O5S. The Hall–Kier alpha value is -3.20. The van der Waals surface area contributed by atoms with Gasteiger partial charge in [-0.15, -0.1) is 11.3 Å². The third kappa shape index (κ3) is 5.83. The number of hydrogen-bond donors (Lipinski definition) is 2. The molecular weight excluding hydrogens is 454 g/mol. The molecule has 2 N–H and O–H groups in total. The number of carbonyl (C=O) groups excluding carboxylic acids is 2. The number of nitrogens with zero attached hydrogens (tertiary/aromatic N) is 1. The topological polar surface area (TPSA) is 111 Å². The Balaban J connectivity index is 1.35. The van der Waals surface area contributed by atoms with Crippen molar-refractivity contribution in [2.75, 3.05) is 11.9 Å². The summed E-state index contributed by atoms with van der Waals surface area (Å²) in [5.41, 5.74) is 0.584. The van der Waals surface area contributed by atoms with E-state index in [9.17, 15) is 14.4 Å². The summed E-state index contributed by atoms with van der Waals surface area (Å²) in [6.45, 7) is 4.55. The van der Waals surface area contributed by atoms with Crippen LogP contribution < -0.4 is 21.0 Å². The molecule has 0 radical (unpaired) electrons. The third-order valence-electron chi connectivity index (χ3n) is 6.01. The fraction of sp³-hybridized carbons (Fsp3) is 0.440. The molecule has 9 heteroatoms. The normalized spacial score (nSPS) is 17.9. The highest BCUT2D eigenvalue weighted by atomic mass is 32.1. The molecule has 2 heterocycles. The molecule has 34 heavy (non-hydrogen) atoms. The van der Waals surface area contributed by atoms with Gasteiger partial charge in [0, 0.05) is 29.6 Å². The lowest BCUT2D eigenvalue weighted by Gasteiger charge is -2.26. The molecule has 1 saturated carbocycles. The van der Waals surface area contributed by atoms with Crippen LogP contribution in [0.2, 0.25) is 0 Å². The van der Waals surface area contributed by atoms with E-state index in [0.717, 1.165) is 37.0 Å². The summed E-state index contributed by atoms with van der Waals surface area (Å²) in [4.78, 5) is 41.5. The molecule has 4 rings (SSSR count). The lowest BCUT2D eigenvalue weighted by molar-refractivity contribution is -0.125. The summed E-state index contributed by atoms with van der Waals surface area (Å²) < 4.78 is 11.0. The van der Waals surface area contributed by atoms with Gasteiger partial charge in [-0.3, -0.25) is 9.59 Å². The summed E-state index contributed by atoms with van der Waals surface area (Å²) >= 11 is 1.21. The number of rotatable bonds is 8. The lowest BCUT2D eigenvalue weighted by atomic mass is 9.87. The number of fused-ring (bicyclic) bond motifs is 1. The third-order valence-corrected chi connectivity index (χ3v) is 6.77. The van der Waals surface area contributed by atoms with E-state index < -0.39 is 5.63 Å². The minimum atomic E-state index is -0.531. The SMILES string of the molecule is CCOc1cccc2cc(-c3csc(NC(=O)CCC(=O)NC4CCC(C)CC4)n3)c(=O)oc12. The first-order valence-electron chi connectivity index (χ1n) is 11.7. The monoisotopic (exact) mass is 483 g/mol. The van der Waals surface area contributed by atoms with Gasteiger partial charge in [0.05, 0.1) is 17.9 Å². The largest absolute Gasteiger partial charge is 0.490 e. The van der Waals surface area contributed by atoms with E-state index in [0.29, 0.717) is 34.3 Å². The average Bonchev–Trinajstić information content (AvgIpc) is 3.27. The first kappa shape index (κ1) is 23.9. The highest BCUT2D eigenvalue weighted by molar-refractivity contribution is 7.14. The van der Waals surface area contributed by atoms with E-state index in [1.54, 1.807) is 17.5 Å². The molecule has 0 bridgehead atoms. The second-order valence-electron chi connectivity index (χ2n) is 8.67. The minimum absolute atomic E-state index is 0.0716. The molecule has 2 amide bonds. The number of para-hydroxylation sites is 1. The predicted molar refractivity (Wildman–Crippen MR) is 132 cm³/mol. The van der Waals surface area contributed by atoms with Crippen LogP contribution in [0.5, 0.6) is 5.75 Å². The van der Waals surface area contributed by atoms with E-state index >= 15 is 0 Å². The fourth-order valence-corrected chi connectivity index (χ4v) is 4.86. The number of ether oxygens (including phenoxy) is 1. The molecule has 0 atom stereocenters. The number of benzene rings is 1. The molecule has 0 saturated heterocycles. The first-order chi connectivity index (χ1) is 16.4. The van der Waals surface area contributed by atoms with Crippen LogP contribution in [-0.2, 0) is 9.59 Å². The van der Waals surface area contributed by atoms with Crippen molar-refractivity contribution in [1.82, 2.24) is 10.3 Å². The maximum atomic E-state index is 12.6. The van der Waals surface area contributed by atoms with Crippen molar-refractivity contribution in [3.63, 3.8) is 0 Å².